The van der Waals surface area contributed by atoms with E-state index in [4.69, 9.17) is 27.9 Å². The molecule has 98 valence electrons. The second kappa shape index (κ2) is 7.41. The van der Waals surface area contributed by atoms with E-state index in [1.165, 1.54) is 0 Å². The quantitative estimate of drug-likeness (QED) is 0.718. The van der Waals surface area contributed by atoms with Gasteiger partial charge in [0.25, 0.3) is 0 Å². The number of thiazole rings is 1. The first-order chi connectivity index (χ1) is 8.08. The summed E-state index contributed by atoms with van der Waals surface area (Å²) in [4.78, 5) is 7.48. The molecule has 0 fully saturated rings. The molecule has 17 heavy (non-hydrogen) atoms. The van der Waals surface area contributed by atoms with Crippen molar-refractivity contribution in [3.05, 3.63) is 10.0 Å². The maximum atomic E-state index is 6.02. The van der Waals surface area contributed by atoms with Gasteiger partial charge in [-0.25, -0.2) is 4.98 Å². The molecule has 0 N–H and O–H groups in total. The van der Waals surface area contributed by atoms with Crippen LogP contribution >= 0.6 is 34.5 Å². The standard InChI is InChI=1S/C11H18Cl2N2OS/c1-8(2)7-15(4-5-16-3)11-14-10(13)9(6-12)17-11/h8H,4-7H2,1-3H3. The molecule has 0 bridgehead atoms. The Morgan fingerprint density at radius 2 is 2.18 bits per heavy atom. The van der Waals surface area contributed by atoms with Gasteiger partial charge in [-0.1, -0.05) is 36.8 Å². The molecular weight excluding hydrogens is 279 g/mol. The average Bonchev–Trinajstić information content (AvgIpc) is 2.65. The molecule has 1 aromatic rings. The molecule has 0 radical (unpaired) electrons. The Morgan fingerprint density at radius 3 is 2.65 bits per heavy atom. The van der Waals surface area contributed by atoms with E-state index in [0.717, 1.165) is 23.1 Å². The molecule has 1 aromatic heterocycles. The molecule has 0 atom stereocenters. The van der Waals surface area contributed by atoms with Crippen LogP contribution in [0.4, 0.5) is 5.13 Å². The Hall–Kier alpha value is -0.0300. The smallest absolute Gasteiger partial charge is 0.187 e. The van der Waals surface area contributed by atoms with E-state index in [1.54, 1.807) is 18.4 Å². The highest BCUT2D eigenvalue weighted by Crippen LogP contribution is 2.31. The molecular formula is C11H18Cl2N2OS. The van der Waals surface area contributed by atoms with Crippen molar-refractivity contribution in [3.63, 3.8) is 0 Å². The van der Waals surface area contributed by atoms with Crippen LogP contribution in [0, 0.1) is 5.92 Å². The molecule has 0 saturated heterocycles. The molecule has 1 rings (SSSR count). The lowest BCUT2D eigenvalue weighted by Crippen LogP contribution is -2.30. The number of hydrogen-bond acceptors (Lipinski definition) is 4. The van der Waals surface area contributed by atoms with Gasteiger partial charge < -0.3 is 9.64 Å². The fourth-order valence-corrected chi connectivity index (χ4v) is 2.95. The van der Waals surface area contributed by atoms with Crippen LogP contribution < -0.4 is 4.90 Å². The summed E-state index contributed by atoms with van der Waals surface area (Å²) in [5, 5.41) is 1.45. The van der Waals surface area contributed by atoms with Gasteiger partial charge in [-0.2, -0.15) is 0 Å². The van der Waals surface area contributed by atoms with Crippen LogP contribution in [0.2, 0.25) is 5.15 Å². The summed E-state index contributed by atoms with van der Waals surface area (Å²) in [5.74, 6) is 0.977. The second-order valence-corrected chi connectivity index (χ2v) is 5.86. The van der Waals surface area contributed by atoms with Gasteiger partial charge in [-0.05, 0) is 5.92 Å². The first-order valence-corrected chi connectivity index (χ1v) is 7.26. The zero-order valence-corrected chi connectivity index (χ0v) is 12.7. The number of rotatable bonds is 7. The van der Waals surface area contributed by atoms with Gasteiger partial charge in [0, 0.05) is 20.2 Å². The molecule has 1 heterocycles. The molecule has 3 nitrogen and oxygen atoms in total. The first-order valence-electron chi connectivity index (χ1n) is 5.53. The molecule has 0 aromatic carbocycles. The van der Waals surface area contributed by atoms with Crippen LogP contribution in [-0.2, 0) is 10.6 Å². The molecule has 0 unspecified atom stereocenters. The molecule has 0 amide bonds. The van der Waals surface area contributed by atoms with Crippen molar-refractivity contribution in [1.82, 2.24) is 4.98 Å². The summed E-state index contributed by atoms with van der Waals surface area (Å²) in [6.45, 7) is 6.80. The highest BCUT2D eigenvalue weighted by Gasteiger charge is 2.15. The summed E-state index contributed by atoms with van der Waals surface area (Å²) in [7, 11) is 1.70. The van der Waals surface area contributed by atoms with E-state index < -0.39 is 0 Å². The van der Waals surface area contributed by atoms with Gasteiger partial charge >= 0.3 is 0 Å². The minimum atomic E-state index is 0.413. The van der Waals surface area contributed by atoms with Crippen molar-refractivity contribution in [2.24, 2.45) is 5.92 Å². The van der Waals surface area contributed by atoms with Gasteiger partial charge in [-0.3, -0.25) is 0 Å². The van der Waals surface area contributed by atoms with Gasteiger partial charge in [0.1, 0.15) is 5.15 Å². The zero-order chi connectivity index (χ0) is 12.8. The minimum Gasteiger partial charge on any atom is -0.383 e. The molecule has 0 aliphatic heterocycles. The molecule has 0 aliphatic rings. The lowest BCUT2D eigenvalue weighted by Gasteiger charge is -2.23. The highest BCUT2D eigenvalue weighted by molar-refractivity contribution is 7.16. The number of aromatic nitrogens is 1. The van der Waals surface area contributed by atoms with E-state index in [-0.39, 0.29) is 0 Å². The summed E-state index contributed by atoms with van der Waals surface area (Å²) in [6, 6.07) is 0. The Labute approximate surface area is 117 Å². The van der Waals surface area contributed by atoms with Crippen molar-refractivity contribution >= 4 is 39.7 Å². The Kier molecular flexibility index (Phi) is 6.55. The maximum Gasteiger partial charge on any atom is 0.187 e. The van der Waals surface area contributed by atoms with Crippen molar-refractivity contribution < 1.29 is 4.74 Å². The number of ether oxygens (including phenoxy) is 1. The molecule has 6 heteroatoms. The number of methoxy groups -OCH3 is 1. The minimum absolute atomic E-state index is 0.413. The van der Waals surface area contributed by atoms with Gasteiger partial charge in [0.05, 0.1) is 17.4 Å². The van der Waals surface area contributed by atoms with Crippen LogP contribution in [0.25, 0.3) is 0 Å². The van der Waals surface area contributed by atoms with Crippen LogP contribution in [0.3, 0.4) is 0 Å². The van der Waals surface area contributed by atoms with E-state index in [1.807, 2.05) is 0 Å². The Morgan fingerprint density at radius 1 is 1.47 bits per heavy atom. The highest BCUT2D eigenvalue weighted by atomic mass is 35.5. The molecule has 0 aliphatic carbocycles. The summed E-state index contributed by atoms with van der Waals surface area (Å²) in [6.07, 6.45) is 0. The fourth-order valence-electron chi connectivity index (χ4n) is 1.45. The van der Waals surface area contributed by atoms with E-state index in [0.29, 0.717) is 23.6 Å². The van der Waals surface area contributed by atoms with Crippen LogP contribution in [0.15, 0.2) is 0 Å². The third-order valence-electron chi connectivity index (χ3n) is 2.18. The van der Waals surface area contributed by atoms with E-state index in [2.05, 4.69) is 23.7 Å². The predicted octanol–water partition coefficient (Wildman–Crippen LogP) is 3.64. The first kappa shape index (κ1) is 15.0. The van der Waals surface area contributed by atoms with Crippen LogP contribution in [0.5, 0.6) is 0 Å². The zero-order valence-electron chi connectivity index (χ0n) is 10.4. The maximum absolute atomic E-state index is 6.02. The van der Waals surface area contributed by atoms with Gasteiger partial charge in [0.15, 0.2) is 5.13 Å². The summed E-state index contributed by atoms with van der Waals surface area (Å²) in [5.41, 5.74) is 0. The van der Waals surface area contributed by atoms with Crippen molar-refractivity contribution in [1.29, 1.82) is 0 Å². The van der Waals surface area contributed by atoms with Crippen molar-refractivity contribution in [3.8, 4) is 0 Å². The predicted molar refractivity (Wildman–Crippen MR) is 75.6 cm³/mol. The topological polar surface area (TPSA) is 25.4 Å². The van der Waals surface area contributed by atoms with Gasteiger partial charge in [-0.15, -0.1) is 11.6 Å². The summed E-state index contributed by atoms with van der Waals surface area (Å²) < 4.78 is 5.11. The van der Waals surface area contributed by atoms with Gasteiger partial charge in [0.2, 0.25) is 0 Å². The number of hydrogen-bond donors (Lipinski definition) is 0. The number of anilines is 1. The number of nitrogens with zero attached hydrogens (tertiary/aromatic N) is 2. The number of halogens is 2. The molecule has 0 saturated carbocycles. The van der Waals surface area contributed by atoms with Crippen molar-refractivity contribution in [2.45, 2.75) is 19.7 Å². The number of alkyl halides is 1. The fraction of sp³-hybridized carbons (Fsp3) is 0.727. The Bertz CT molecular complexity index is 344. The third kappa shape index (κ3) is 4.62. The summed E-state index contributed by atoms with van der Waals surface area (Å²) >= 11 is 13.4. The lowest BCUT2D eigenvalue weighted by atomic mass is 10.2. The largest absolute Gasteiger partial charge is 0.383 e. The van der Waals surface area contributed by atoms with Crippen LogP contribution in [-0.4, -0.2) is 31.8 Å². The van der Waals surface area contributed by atoms with E-state index in [9.17, 15) is 0 Å². The van der Waals surface area contributed by atoms with E-state index >= 15 is 0 Å². The lowest BCUT2D eigenvalue weighted by molar-refractivity contribution is 0.204. The van der Waals surface area contributed by atoms with Crippen molar-refractivity contribution in [2.75, 3.05) is 31.7 Å². The third-order valence-corrected chi connectivity index (χ3v) is 4.15. The van der Waals surface area contributed by atoms with Crippen LogP contribution in [0.1, 0.15) is 18.7 Å². The SMILES string of the molecule is COCCN(CC(C)C)c1nc(Cl)c(CCl)s1. The second-order valence-electron chi connectivity index (χ2n) is 4.18. The normalized spacial score (nSPS) is 11.2. The average molecular weight is 297 g/mol. The Balaban J connectivity index is 2.79. The monoisotopic (exact) mass is 296 g/mol. The molecule has 0 spiro atoms.